The molecule has 12 heavy (non-hydrogen) atoms. The van der Waals surface area contributed by atoms with Crippen LogP contribution in [-0.2, 0) is 4.79 Å². The lowest BCUT2D eigenvalue weighted by Crippen LogP contribution is -1.92. The van der Waals surface area contributed by atoms with E-state index in [-0.39, 0.29) is 5.88 Å². The Balaban J connectivity index is 0. The minimum Gasteiger partial charge on any atom is -0.480 e. The largest absolute Gasteiger partial charge is 0.480 e. The Kier molecular flexibility index (Phi) is 15.8. The van der Waals surface area contributed by atoms with Gasteiger partial charge in [0, 0.05) is 6.61 Å². The third-order valence-electron chi connectivity index (χ3n) is 1.13. The highest BCUT2D eigenvalue weighted by atomic mass is 35.5. The Morgan fingerprint density at radius 2 is 1.83 bits per heavy atom. The maximum atomic E-state index is 9.24. The van der Waals surface area contributed by atoms with Gasteiger partial charge in [-0.2, -0.15) is 0 Å². The van der Waals surface area contributed by atoms with Crippen LogP contribution >= 0.6 is 11.6 Å². The van der Waals surface area contributed by atoms with Gasteiger partial charge in [0.2, 0.25) is 0 Å². The first-order valence-electron chi connectivity index (χ1n) is 4.07. The van der Waals surface area contributed by atoms with Gasteiger partial charge < -0.3 is 10.2 Å². The molecule has 0 heterocycles. The second-order valence-corrected chi connectivity index (χ2v) is 2.58. The van der Waals surface area contributed by atoms with E-state index in [1.807, 2.05) is 0 Å². The fourth-order valence-electron chi connectivity index (χ4n) is 0.539. The summed E-state index contributed by atoms with van der Waals surface area (Å²) in [5, 5.41) is 15.9. The first-order valence-corrected chi connectivity index (χ1v) is 4.61. The molecule has 3 nitrogen and oxygen atoms in total. The SMILES string of the molecule is CCCCCCO.O=C(O)CCl. The zero-order valence-corrected chi connectivity index (χ0v) is 8.18. The van der Waals surface area contributed by atoms with Gasteiger partial charge in [0.15, 0.2) is 0 Å². The van der Waals surface area contributed by atoms with Crippen molar-refractivity contribution in [1.29, 1.82) is 0 Å². The fourth-order valence-corrected chi connectivity index (χ4v) is 0.539. The van der Waals surface area contributed by atoms with Crippen LogP contribution in [-0.4, -0.2) is 28.7 Å². The summed E-state index contributed by atoms with van der Waals surface area (Å²) in [6, 6.07) is 0. The van der Waals surface area contributed by atoms with Crippen molar-refractivity contribution in [3.05, 3.63) is 0 Å². The molecule has 0 saturated carbocycles. The molecular formula is C8H17ClO3. The van der Waals surface area contributed by atoms with Crippen molar-refractivity contribution in [2.24, 2.45) is 0 Å². The van der Waals surface area contributed by atoms with Crippen molar-refractivity contribution in [2.75, 3.05) is 12.5 Å². The van der Waals surface area contributed by atoms with Crippen LogP contribution in [0.2, 0.25) is 0 Å². The van der Waals surface area contributed by atoms with Gasteiger partial charge in [-0.25, -0.2) is 0 Å². The lowest BCUT2D eigenvalue weighted by molar-refractivity contribution is -0.134. The molecule has 0 aromatic heterocycles. The molecule has 0 bridgehead atoms. The Morgan fingerprint density at radius 3 is 2.08 bits per heavy atom. The summed E-state index contributed by atoms with van der Waals surface area (Å²) in [5.74, 6) is -1.29. The minimum atomic E-state index is -0.980. The highest BCUT2D eigenvalue weighted by molar-refractivity contribution is 6.26. The summed E-state index contributed by atoms with van der Waals surface area (Å²) in [7, 11) is 0. The van der Waals surface area contributed by atoms with E-state index < -0.39 is 5.97 Å². The summed E-state index contributed by atoms with van der Waals surface area (Å²) in [4.78, 5) is 9.24. The Hall–Kier alpha value is -0.280. The molecule has 74 valence electrons. The van der Waals surface area contributed by atoms with Gasteiger partial charge in [0.05, 0.1) is 0 Å². The lowest BCUT2D eigenvalue weighted by Gasteiger charge is -1.90. The average molecular weight is 197 g/mol. The number of carboxylic acids is 1. The molecule has 0 fully saturated rings. The zero-order valence-electron chi connectivity index (χ0n) is 7.42. The maximum Gasteiger partial charge on any atom is 0.318 e. The van der Waals surface area contributed by atoms with Gasteiger partial charge >= 0.3 is 5.97 Å². The van der Waals surface area contributed by atoms with Crippen LogP contribution in [0.25, 0.3) is 0 Å². The fraction of sp³-hybridized carbons (Fsp3) is 0.875. The third-order valence-corrected chi connectivity index (χ3v) is 1.35. The molecule has 4 heteroatoms. The smallest absolute Gasteiger partial charge is 0.318 e. The van der Waals surface area contributed by atoms with Crippen LogP contribution in [0, 0.1) is 0 Å². The maximum absolute atomic E-state index is 9.24. The average Bonchev–Trinajstić information content (AvgIpc) is 2.07. The molecule has 0 saturated heterocycles. The first kappa shape index (κ1) is 14.3. The van der Waals surface area contributed by atoms with Crippen molar-refractivity contribution in [3.63, 3.8) is 0 Å². The number of halogens is 1. The summed E-state index contributed by atoms with van der Waals surface area (Å²) < 4.78 is 0. The number of unbranched alkanes of at least 4 members (excludes halogenated alkanes) is 3. The molecule has 0 radical (unpaired) electrons. The van der Waals surface area contributed by atoms with Gasteiger partial charge in [0.25, 0.3) is 0 Å². The monoisotopic (exact) mass is 196 g/mol. The van der Waals surface area contributed by atoms with Crippen molar-refractivity contribution in [3.8, 4) is 0 Å². The number of rotatable bonds is 5. The van der Waals surface area contributed by atoms with E-state index in [4.69, 9.17) is 21.8 Å². The molecule has 0 aromatic carbocycles. The third kappa shape index (κ3) is 22.6. The van der Waals surface area contributed by atoms with E-state index in [0.29, 0.717) is 6.61 Å². The normalized spacial score (nSPS) is 8.58. The predicted molar refractivity (Wildman–Crippen MR) is 49.6 cm³/mol. The molecule has 0 unspecified atom stereocenters. The summed E-state index contributed by atoms with van der Waals surface area (Å²) in [5.41, 5.74) is 0. The lowest BCUT2D eigenvalue weighted by atomic mass is 10.2. The number of hydrogen-bond acceptors (Lipinski definition) is 2. The zero-order chi connectivity index (χ0) is 9.82. The van der Waals surface area contributed by atoms with E-state index in [1.165, 1.54) is 19.3 Å². The number of carbonyl (C=O) groups is 1. The number of aliphatic hydroxyl groups is 1. The Labute approximate surface area is 78.4 Å². The summed E-state index contributed by atoms with van der Waals surface area (Å²) >= 11 is 4.74. The second kappa shape index (κ2) is 13.3. The predicted octanol–water partition coefficient (Wildman–Crippen LogP) is 1.87. The van der Waals surface area contributed by atoms with Gasteiger partial charge in [-0.3, -0.25) is 4.79 Å². The van der Waals surface area contributed by atoms with E-state index in [2.05, 4.69) is 6.92 Å². The van der Waals surface area contributed by atoms with Crippen LogP contribution < -0.4 is 0 Å². The Bertz CT molecular complexity index is 92.3. The van der Waals surface area contributed by atoms with Gasteiger partial charge in [-0.05, 0) is 6.42 Å². The number of alkyl halides is 1. The Morgan fingerprint density at radius 1 is 1.33 bits per heavy atom. The van der Waals surface area contributed by atoms with Crippen molar-refractivity contribution in [1.82, 2.24) is 0 Å². The molecule has 0 atom stereocenters. The number of hydrogen-bond donors (Lipinski definition) is 2. The summed E-state index contributed by atoms with van der Waals surface area (Å²) in [6.45, 7) is 2.53. The molecule has 2 N–H and O–H groups in total. The first-order chi connectivity index (χ1) is 5.68. The topological polar surface area (TPSA) is 57.5 Å². The standard InChI is InChI=1S/C6H14O.C2H3ClO2/c1-2-3-4-5-6-7;3-1-2(4)5/h7H,2-6H2,1H3;1H2,(H,4,5). The van der Waals surface area contributed by atoms with Crippen LogP contribution in [0.15, 0.2) is 0 Å². The molecule has 0 amide bonds. The van der Waals surface area contributed by atoms with Crippen LogP contribution in [0.5, 0.6) is 0 Å². The molecule has 0 rings (SSSR count). The number of carboxylic acid groups (broad SMARTS) is 1. The molecule has 0 aliphatic rings. The van der Waals surface area contributed by atoms with Gasteiger partial charge in [-0.1, -0.05) is 26.2 Å². The second-order valence-electron chi connectivity index (χ2n) is 2.31. The summed E-state index contributed by atoms with van der Waals surface area (Å²) in [6.07, 6.45) is 4.68. The van der Waals surface area contributed by atoms with Crippen molar-refractivity contribution < 1.29 is 15.0 Å². The van der Waals surface area contributed by atoms with E-state index in [1.54, 1.807) is 0 Å². The molecular weight excluding hydrogens is 180 g/mol. The molecule has 0 aliphatic carbocycles. The molecule has 0 aromatic rings. The van der Waals surface area contributed by atoms with Crippen LogP contribution in [0.3, 0.4) is 0 Å². The highest BCUT2D eigenvalue weighted by Gasteiger charge is 1.83. The van der Waals surface area contributed by atoms with Crippen LogP contribution in [0.4, 0.5) is 0 Å². The van der Waals surface area contributed by atoms with Crippen LogP contribution in [0.1, 0.15) is 32.6 Å². The molecule has 0 aliphatic heterocycles. The van der Waals surface area contributed by atoms with E-state index in [0.717, 1.165) is 6.42 Å². The van der Waals surface area contributed by atoms with Crippen molar-refractivity contribution >= 4 is 17.6 Å². The van der Waals surface area contributed by atoms with Crippen molar-refractivity contribution in [2.45, 2.75) is 32.6 Å². The van der Waals surface area contributed by atoms with Gasteiger partial charge in [0.1, 0.15) is 5.88 Å². The number of aliphatic hydroxyl groups excluding tert-OH is 1. The molecule has 0 spiro atoms. The highest BCUT2D eigenvalue weighted by Crippen LogP contribution is 1.95. The van der Waals surface area contributed by atoms with Gasteiger partial charge in [-0.15, -0.1) is 11.6 Å². The number of aliphatic carboxylic acids is 1. The quantitative estimate of drug-likeness (QED) is 0.522. The van der Waals surface area contributed by atoms with E-state index in [9.17, 15) is 4.79 Å². The minimum absolute atomic E-state index is 0.306. The van der Waals surface area contributed by atoms with E-state index >= 15 is 0 Å².